The molecule has 7 heteroatoms. The molecular formula is C10H8ClNO4S. The Morgan fingerprint density at radius 2 is 2.00 bits per heavy atom. The van der Waals surface area contributed by atoms with Gasteiger partial charge in [0.15, 0.2) is 0 Å². The van der Waals surface area contributed by atoms with E-state index in [4.69, 9.17) is 15.2 Å². The second-order valence-electron chi connectivity index (χ2n) is 3.40. The van der Waals surface area contributed by atoms with E-state index in [0.29, 0.717) is 11.3 Å². The van der Waals surface area contributed by atoms with Crippen LogP contribution in [0.2, 0.25) is 0 Å². The fraction of sp³-hybridized carbons (Fsp3) is 0.100. The summed E-state index contributed by atoms with van der Waals surface area (Å²) in [5.74, 6) is 0. The van der Waals surface area contributed by atoms with Crippen LogP contribution < -0.4 is 5.63 Å². The molecule has 0 spiro atoms. The van der Waals surface area contributed by atoms with Gasteiger partial charge in [0.05, 0.1) is 16.7 Å². The van der Waals surface area contributed by atoms with E-state index in [1.807, 2.05) is 0 Å². The molecule has 0 aliphatic heterocycles. The standard InChI is InChI=1S/C10H8ClNO4S/c1-12-9(6-10(13)16-12)7-3-2-4-8(5-7)17(11,14)15/h2-6H,1H3. The van der Waals surface area contributed by atoms with Gasteiger partial charge in [-0.05, 0) is 12.1 Å². The first kappa shape index (κ1) is 11.9. The van der Waals surface area contributed by atoms with E-state index >= 15 is 0 Å². The molecule has 0 atom stereocenters. The highest BCUT2D eigenvalue weighted by molar-refractivity contribution is 8.13. The Morgan fingerprint density at radius 3 is 2.53 bits per heavy atom. The largest absolute Gasteiger partial charge is 0.358 e. The first-order chi connectivity index (χ1) is 7.88. The molecule has 0 fully saturated rings. The van der Waals surface area contributed by atoms with Gasteiger partial charge in [0.25, 0.3) is 9.05 Å². The van der Waals surface area contributed by atoms with Gasteiger partial charge in [0.2, 0.25) is 0 Å². The number of aryl methyl sites for hydroxylation is 1. The molecule has 1 aromatic heterocycles. The van der Waals surface area contributed by atoms with E-state index in [1.54, 1.807) is 19.2 Å². The van der Waals surface area contributed by atoms with Crippen molar-refractivity contribution < 1.29 is 12.9 Å². The van der Waals surface area contributed by atoms with Crippen molar-refractivity contribution in [3.63, 3.8) is 0 Å². The lowest BCUT2D eigenvalue weighted by Crippen LogP contribution is -1.93. The molecule has 0 aliphatic rings. The van der Waals surface area contributed by atoms with Crippen molar-refractivity contribution in [1.82, 2.24) is 4.74 Å². The summed E-state index contributed by atoms with van der Waals surface area (Å²) < 4.78 is 28.4. The van der Waals surface area contributed by atoms with Crippen molar-refractivity contribution >= 4 is 19.7 Å². The molecule has 90 valence electrons. The van der Waals surface area contributed by atoms with Crippen molar-refractivity contribution in [2.75, 3.05) is 0 Å². The van der Waals surface area contributed by atoms with Crippen molar-refractivity contribution in [3.05, 3.63) is 40.8 Å². The molecule has 17 heavy (non-hydrogen) atoms. The van der Waals surface area contributed by atoms with Crippen LogP contribution in [0.25, 0.3) is 11.3 Å². The van der Waals surface area contributed by atoms with Gasteiger partial charge in [-0.2, -0.15) is 0 Å². The average molecular weight is 274 g/mol. The summed E-state index contributed by atoms with van der Waals surface area (Å²) in [5.41, 5.74) is 0.527. The van der Waals surface area contributed by atoms with E-state index in [1.165, 1.54) is 22.9 Å². The van der Waals surface area contributed by atoms with Crippen molar-refractivity contribution in [1.29, 1.82) is 0 Å². The lowest BCUT2D eigenvalue weighted by atomic mass is 10.1. The second-order valence-corrected chi connectivity index (χ2v) is 5.97. The third-order valence-corrected chi connectivity index (χ3v) is 3.58. The maximum Gasteiger partial charge on any atom is 0.358 e. The molecule has 0 radical (unpaired) electrons. The molecule has 0 unspecified atom stereocenters. The zero-order valence-electron chi connectivity index (χ0n) is 8.75. The minimum Gasteiger partial charge on any atom is -0.336 e. The highest BCUT2D eigenvalue weighted by atomic mass is 35.7. The van der Waals surface area contributed by atoms with Crippen LogP contribution in [0.3, 0.4) is 0 Å². The minimum absolute atomic E-state index is 0.0229. The van der Waals surface area contributed by atoms with E-state index in [9.17, 15) is 13.2 Å². The van der Waals surface area contributed by atoms with Gasteiger partial charge in [0, 0.05) is 23.3 Å². The number of nitrogens with zero attached hydrogens (tertiary/aromatic N) is 1. The molecular weight excluding hydrogens is 266 g/mol. The summed E-state index contributed by atoms with van der Waals surface area (Å²) in [4.78, 5) is 11.0. The summed E-state index contributed by atoms with van der Waals surface area (Å²) in [6.07, 6.45) is 0. The molecule has 2 aromatic rings. The Bertz CT molecular complexity index is 714. The Morgan fingerprint density at radius 1 is 1.29 bits per heavy atom. The zero-order chi connectivity index (χ0) is 12.6. The van der Waals surface area contributed by atoms with E-state index in [2.05, 4.69) is 0 Å². The number of rotatable bonds is 2. The maximum atomic E-state index is 11.2. The molecule has 0 saturated heterocycles. The smallest absolute Gasteiger partial charge is 0.336 e. The summed E-state index contributed by atoms with van der Waals surface area (Å²) in [6.45, 7) is 0. The normalized spacial score (nSPS) is 11.6. The van der Waals surface area contributed by atoms with Crippen molar-refractivity contribution in [2.45, 2.75) is 4.90 Å². The minimum atomic E-state index is -3.79. The maximum absolute atomic E-state index is 11.2. The van der Waals surface area contributed by atoms with Gasteiger partial charge in [-0.25, -0.2) is 18.0 Å². The molecule has 0 bridgehead atoms. The number of hydrogen-bond donors (Lipinski definition) is 0. The fourth-order valence-electron chi connectivity index (χ4n) is 1.49. The summed E-state index contributed by atoms with van der Waals surface area (Å²) in [7, 11) is 3.01. The Hall–Kier alpha value is -1.53. The van der Waals surface area contributed by atoms with Crippen LogP contribution >= 0.6 is 10.7 Å². The lowest BCUT2D eigenvalue weighted by molar-refractivity contribution is 0.289. The molecule has 0 amide bonds. The molecule has 5 nitrogen and oxygen atoms in total. The van der Waals surface area contributed by atoms with Gasteiger partial charge in [0.1, 0.15) is 0 Å². The van der Waals surface area contributed by atoms with Crippen LogP contribution in [0.1, 0.15) is 0 Å². The molecule has 2 rings (SSSR count). The van der Waals surface area contributed by atoms with Crippen molar-refractivity contribution in [2.24, 2.45) is 7.05 Å². The lowest BCUT2D eigenvalue weighted by Gasteiger charge is -2.02. The van der Waals surface area contributed by atoms with Crippen molar-refractivity contribution in [3.8, 4) is 11.3 Å². The first-order valence-corrected chi connectivity index (χ1v) is 6.91. The van der Waals surface area contributed by atoms with E-state index in [0.717, 1.165) is 0 Å². The van der Waals surface area contributed by atoms with Crippen LogP contribution in [-0.2, 0) is 16.1 Å². The number of aromatic nitrogens is 1. The van der Waals surface area contributed by atoms with Gasteiger partial charge < -0.3 is 4.52 Å². The Kier molecular flexibility index (Phi) is 2.84. The number of benzene rings is 1. The van der Waals surface area contributed by atoms with Crippen LogP contribution in [0.4, 0.5) is 0 Å². The average Bonchev–Trinajstić information content (AvgIpc) is 2.57. The van der Waals surface area contributed by atoms with Gasteiger partial charge in [-0.15, -0.1) is 0 Å². The third kappa shape index (κ3) is 2.42. The van der Waals surface area contributed by atoms with Crippen LogP contribution in [0.15, 0.2) is 44.5 Å². The first-order valence-electron chi connectivity index (χ1n) is 4.60. The molecule has 0 N–H and O–H groups in total. The van der Waals surface area contributed by atoms with Gasteiger partial charge in [-0.3, -0.25) is 0 Å². The molecule has 0 aliphatic carbocycles. The second kappa shape index (κ2) is 4.05. The van der Waals surface area contributed by atoms with Crippen LogP contribution in [-0.4, -0.2) is 13.2 Å². The highest BCUT2D eigenvalue weighted by Gasteiger charge is 2.13. The summed E-state index contributed by atoms with van der Waals surface area (Å²) in [6, 6.07) is 7.24. The monoisotopic (exact) mass is 273 g/mol. The Labute approximate surface area is 102 Å². The zero-order valence-corrected chi connectivity index (χ0v) is 10.3. The van der Waals surface area contributed by atoms with E-state index < -0.39 is 14.7 Å². The van der Waals surface area contributed by atoms with E-state index in [-0.39, 0.29) is 4.90 Å². The number of halogens is 1. The predicted molar refractivity (Wildman–Crippen MR) is 62.4 cm³/mol. The highest BCUT2D eigenvalue weighted by Crippen LogP contribution is 2.23. The molecule has 1 aromatic carbocycles. The predicted octanol–water partition coefficient (Wildman–Crippen LogP) is 1.57. The topological polar surface area (TPSA) is 69.3 Å². The Balaban J connectivity index is 2.62. The fourth-order valence-corrected chi connectivity index (χ4v) is 2.28. The van der Waals surface area contributed by atoms with Gasteiger partial charge in [-0.1, -0.05) is 12.1 Å². The number of hydrogen-bond acceptors (Lipinski definition) is 4. The summed E-state index contributed by atoms with van der Waals surface area (Å²) in [5, 5.41) is 0. The summed E-state index contributed by atoms with van der Waals surface area (Å²) >= 11 is 0. The quantitative estimate of drug-likeness (QED) is 0.779. The third-order valence-electron chi connectivity index (χ3n) is 2.23. The molecule has 0 saturated carbocycles. The SMILES string of the molecule is Cn1oc(=O)cc1-c1cccc(S(=O)(=O)Cl)c1. The molecule has 1 heterocycles. The van der Waals surface area contributed by atoms with Gasteiger partial charge >= 0.3 is 5.63 Å². The van der Waals surface area contributed by atoms with Crippen LogP contribution in [0.5, 0.6) is 0 Å². The van der Waals surface area contributed by atoms with Crippen LogP contribution in [0, 0.1) is 0 Å².